The van der Waals surface area contributed by atoms with Crippen LogP contribution in [0.25, 0.3) is 0 Å². The Balaban J connectivity index is 1.94. The van der Waals surface area contributed by atoms with E-state index in [2.05, 4.69) is 18.9 Å². The predicted molar refractivity (Wildman–Crippen MR) is 57.0 cm³/mol. The van der Waals surface area contributed by atoms with Crippen molar-refractivity contribution in [3.05, 3.63) is 30.3 Å². The molecule has 0 bridgehead atoms. The highest BCUT2D eigenvalue weighted by Crippen LogP contribution is 2.23. The highest BCUT2D eigenvalue weighted by Gasteiger charge is 2.27. The molecule has 1 saturated heterocycles. The molecule has 14 heavy (non-hydrogen) atoms. The largest absolute Gasteiger partial charge is 0.406 e. The SMILES string of the molecule is CC1CN(Oc2ccccc2)CC1C. The number of rotatable bonds is 2. The molecule has 2 nitrogen and oxygen atoms in total. The minimum absolute atomic E-state index is 0.735. The van der Waals surface area contributed by atoms with E-state index < -0.39 is 0 Å². The molecule has 2 heteroatoms. The molecule has 0 aliphatic carbocycles. The Morgan fingerprint density at radius 2 is 1.64 bits per heavy atom. The first kappa shape index (κ1) is 9.53. The third-order valence-electron chi connectivity index (χ3n) is 2.93. The third kappa shape index (κ3) is 2.07. The Morgan fingerprint density at radius 1 is 1.07 bits per heavy atom. The topological polar surface area (TPSA) is 12.5 Å². The summed E-state index contributed by atoms with van der Waals surface area (Å²) in [7, 11) is 0. The second-order valence-corrected chi connectivity index (χ2v) is 4.21. The molecule has 2 unspecified atom stereocenters. The van der Waals surface area contributed by atoms with E-state index in [-0.39, 0.29) is 0 Å². The second-order valence-electron chi connectivity index (χ2n) is 4.21. The number of hydrogen-bond acceptors (Lipinski definition) is 2. The van der Waals surface area contributed by atoms with Gasteiger partial charge in [-0.3, -0.25) is 0 Å². The molecule has 76 valence electrons. The summed E-state index contributed by atoms with van der Waals surface area (Å²) in [5.74, 6) is 2.41. The van der Waals surface area contributed by atoms with Gasteiger partial charge in [-0.25, -0.2) is 0 Å². The van der Waals surface area contributed by atoms with E-state index in [9.17, 15) is 0 Å². The van der Waals surface area contributed by atoms with Crippen molar-refractivity contribution < 1.29 is 4.84 Å². The van der Waals surface area contributed by atoms with Crippen LogP contribution in [0.3, 0.4) is 0 Å². The molecular formula is C12H17NO. The Morgan fingerprint density at radius 3 is 2.21 bits per heavy atom. The number of hydrogen-bond donors (Lipinski definition) is 0. The van der Waals surface area contributed by atoms with E-state index in [1.54, 1.807) is 0 Å². The van der Waals surface area contributed by atoms with Crippen LogP contribution >= 0.6 is 0 Å². The quantitative estimate of drug-likeness (QED) is 0.712. The van der Waals surface area contributed by atoms with Gasteiger partial charge in [-0.2, -0.15) is 0 Å². The van der Waals surface area contributed by atoms with Gasteiger partial charge < -0.3 is 4.84 Å². The minimum Gasteiger partial charge on any atom is -0.406 e. The van der Waals surface area contributed by atoms with Crippen LogP contribution in [0.1, 0.15) is 13.8 Å². The lowest BCUT2D eigenvalue weighted by Crippen LogP contribution is -2.24. The summed E-state index contributed by atoms with van der Waals surface area (Å²) in [5.41, 5.74) is 0. The van der Waals surface area contributed by atoms with Gasteiger partial charge >= 0.3 is 0 Å². The zero-order valence-electron chi connectivity index (χ0n) is 8.81. The van der Waals surface area contributed by atoms with Crippen molar-refractivity contribution >= 4 is 0 Å². The lowest BCUT2D eigenvalue weighted by Gasteiger charge is -2.16. The lowest BCUT2D eigenvalue weighted by atomic mass is 10.0. The number of hydroxylamine groups is 2. The maximum Gasteiger partial charge on any atom is 0.147 e. The molecule has 0 spiro atoms. The molecule has 1 aromatic carbocycles. The van der Waals surface area contributed by atoms with Crippen LogP contribution < -0.4 is 4.84 Å². The Hall–Kier alpha value is -1.02. The molecular weight excluding hydrogens is 174 g/mol. The van der Waals surface area contributed by atoms with Crippen molar-refractivity contribution in [1.82, 2.24) is 5.06 Å². The van der Waals surface area contributed by atoms with Gasteiger partial charge in [0.15, 0.2) is 0 Å². The fourth-order valence-corrected chi connectivity index (χ4v) is 1.78. The van der Waals surface area contributed by atoms with Gasteiger partial charge in [0.25, 0.3) is 0 Å². The summed E-state index contributed by atoms with van der Waals surface area (Å²) in [6.45, 7) is 6.63. The molecule has 2 rings (SSSR count). The first-order chi connectivity index (χ1) is 6.75. The van der Waals surface area contributed by atoms with Crippen LogP contribution in [-0.4, -0.2) is 18.2 Å². The van der Waals surface area contributed by atoms with E-state index in [1.807, 2.05) is 30.3 Å². The molecule has 1 heterocycles. The average Bonchev–Trinajstić information content (AvgIpc) is 2.47. The fraction of sp³-hybridized carbons (Fsp3) is 0.500. The molecule has 1 aliphatic heterocycles. The maximum atomic E-state index is 5.75. The molecule has 1 aromatic rings. The van der Waals surface area contributed by atoms with Crippen molar-refractivity contribution in [2.24, 2.45) is 11.8 Å². The van der Waals surface area contributed by atoms with E-state index in [0.29, 0.717) is 0 Å². The molecule has 0 saturated carbocycles. The number of nitrogens with zero attached hydrogens (tertiary/aromatic N) is 1. The fourth-order valence-electron chi connectivity index (χ4n) is 1.78. The van der Waals surface area contributed by atoms with Crippen molar-refractivity contribution in [1.29, 1.82) is 0 Å². The van der Waals surface area contributed by atoms with Crippen LogP contribution in [0.5, 0.6) is 5.75 Å². The lowest BCUT2D eigenvalue weighted by molar-refractivity contribution is -0.0398. The summed E-state index contributed by atoms with van der Waals surface area (Å²) in [5, 5.41) is 2.06. The van der Waals surface area contributed by atoms with Gasteiger partial charge in [0.05, 0.1) is 0 Å². The number of para-hydroxylation sites is 1. The normalized spacial score (nSPS) is 27.9. The molecule has 0 N–H and O–H groups in total. The number of benzene rings is 1. The van der Waals surface area contributed by atoms with Crippen LogP contribution in [-0.2, 0) is 0 Å². The second kappa shape index (κ2) is 4.01. The molecule has 0 amide bonds. The molecule has 0 radical (unpaired) electrons. The first-order valence-electron chi connectivity index (χ1n) is 5.23. The maximum absolute atomic E-state index is 5.75. The smallest absolute Gasteiger partial charge is 0.147 e. The summed E-state index contributed by atoms with van der Waals surface area (Å²) in [6, 6.07) is 9.99. The van der Waals surface area contributed by atoms with Gasteiger partial charge in [0, 0.05) is 13.1 Å². The Labute approximate surface area is 85.4 Å². The molecule has 0 aromatic heterocycles. The standard InChI is InChI=1S/C12H17NO/c1-10-8-13(9-11(10)2)14-12-6-4-3-5-7-12/h3-7,10-11H,8-9H2,1-2H3. The summed E-state index contributed by atoms with van der Waals surface area (Å²) in [4.78, 5) is 5.75. The molecule has 1 fully saturated rings. The highest BCUT2D eigenvalue weighted by atomic mass is 16.7. The van der Waals surface area contributed by atoms with Gasteiger partial charge in [0.1, 0.15) is 5.75 Å². The van der Waals surface area contributed by atoms with Gasteiger partial charge in [-0.1, -0.05) is 32.0 Å². The van der Waals surface area contributed by atoms with Gasteiger partial charge in [-0.15, -0.1) is 5.06 Å². The van der Waals surface area contributed by atoms with E-state index >= 15 is 0 Å². The molecule has 2 atom stereocenters. The van der Waals surface area contributed by atoms with Crippen molar-refractivity contribution in [3.63, 3.8) is 0 Å². The van der Waals surface area contributed by atoms with E-state index in [4.69, 9.17) is 4.84 Å². The average molecular weight is 191 g/mol. The predicted octanol–water partition coefficient (Wildman–Crippen LogP) is 2.57. The van der Waals surface area contributed by atoms with Crippen LogP contribution in [0.4, 0.5) is 0 Å². The summed E-state index contributed by atoms with van der Waals surface area (Å²) in [6.07, 6.45) is 0. The van der Waals surface area contributed by atoms with E-state index in [0.717, 1.165) is 30.7 Å². The van der Waals surface area contributed by atoms with Crippen LogP contribution in [0, 0.1) is 11.8 Å². The third-order valence-corrected chi connectivity index (χ3v) is 2.93. The van der Waals surface area contributed by atoms with Crippen molar-refractivity contribution in [3.8, 4) is 5.75 Å². The zero-order valence-corrected chi connectivity index (χ0v) is 8.81. The summed E-state index contributed by atoms with van der Waals surface area (Å²) >= 11 is 0. The summed E-state index contributed by atoms with van der Waals surface area (Å²) < 4.78 is 0. The minimum atomic E-state index is 0.735. The van der Waals surface area contributed by atoms with E-state index in [1.165, 1.54) is 0 Å². The monoisotopic (exact) mass is 191 g/mol. The van der Waals surface area contributed by atoms with Crippen molar-refractivity contribution in [2.45, 2.75) is 13.8 Å². The van der Waals surface area contributed by atoms with Gasteiger partial charge in [-0.05, 0) is 24.0 Å². The molecule has 1 aliphatic rings. The van der Waals surface area contributed by atoms with Gasteiger partial charge in [0.2, 0.25) is 0 Å². The van der Waals surface area contributed by atoms with Crippen LogP contribution in [0.15, 0.2) is 30.3 Å². The Kier molecular flexibility index (Phi) is 2.73. The highest BCUT2D eigenvalue weighted by molar-refractivity contribution is 5.20. The Bertz CT molecular complexity index is 276. The van der Waals surface area contributed by atoms with Crippen LogP contribution in [0.2, 0.25) is 0 Å². The first-order valence-corrected chi connectivity index (χ1v) is 5.23. The van der Waals surface area contributed by atoms with Crippen molar-refractivity contribution in [2.75, 3.05) is 13.1 Å². The zero-order chi connectivity index (χ0) is 9.97.